The number of hydrogen-bond donors (Lipinski definition) is 2. The number of aliphatic imine (C=N–C) groups is 1. The van der Waals surface area contributed by atoms with E-state index >= 15 is 0 Å². The Balaban J connectivity index is 0.00000240. The van der Waals surface area contributed by atoms with Crippen LogP contribution in [-0.2, 0) is 19.4 Å². The van der Waals surface area contributed by atoms with Crippen LogP contribution in [0.3, 0.4) is 0 Å². The Kier molecular flexibility index (Phi) is 7.88. The van der Waals surface area contributed by atoms with Crippen LogP contribution >= 0.6 is 35.3 Å². The lowest BCUT2D eigenvalue weighted by molar-refractivity contribution is 0.262. The molecule has 3 aromatic rings. The Morgan fingerprint density at radius 1 is 1.14 bits per heavy atom. The number of aromatic nitrogens is 1. The van der Waals surface area contributed by atoms with Crippen molar-refractivity contribution in [3.05, 3.63) is 81.8 Å². The van der Waals surface area contributed by atoms with Crippen molar-refractivity contribution < 1.29 is 4.74 Å². The zero-order valence-electron chi connectivity index (χ0n) is 16.1. The maximum atomic E-state index is 6.12. The molecule has 2 aromatic carbocycles. The fourth-order valence-corrected chi connectivity index (χ4v) is 4.10. The van der Waals surface area contributed by atoms with Gasteiger partial charge in [0, 0.05) is 23.8 Å². The Labute approximate surface area is 192 Å². The lowest BCUT2D eigenvalue weighted by Gasteiger charge is -2.26. The second kappa shape index (κ2) is 10.6. The molecular formula is C22H25IN4OS. The quantitative estimate of drug-likeness (QED) is 0.286. The van der Waals surface area contributed by atoms with Gasteiger partial charge in [0.2, 0.25) is 0 Å². The monoisotopic (exact) mass is 520 g/mol. The fourth-order valence-electron chi connectivity index (χ4n) is 3.31. The summed E-state index contributed by atoms with van der Waals surface area (Å²) in [5.41, 5.74) is 9.55. The van der Waals surface area contributed by atoms with E-state index in [4.69, 9.17) is 10.5 Å². The SMILES string of the molecule is I.NC(=NCc1csc(CCc2ccccc2)n1)NC1CCOc2ccccc21. The van der Waals surface area contributed by atoms with E-state index < -0.39 is 0 Å². The second-order valence-electron chi connectivity index (χ2n) is 6.79. The number of benzene rings is 2. The van der Waals surface area contributed by atoms with E-state index in [-0.39, 0.29) is 30.0 Å². The number of thiazole rings is 1. The highest BCUT2D eigenvalue weighted by Gasteiger charge is 2.21. The Morgan fingerprint density at radius 2 is 1.93 bits per heavy atom. The van der Waals surface area contributed by atoms with Crippen LogP contribution in [0.5, 0.6) is 5.75 Å². The molecule has 0 aliphatic carbocycles. The summed E-state index contributed by atoms with van der Waals surface area (Å²) in [5.74, 6) is 1.36. The molecule has 1 aliphatic heterocycles. The van der Waals surface area contributed by atoms with Crippen molar-refractivity contribution in [2.75, 3.05) is 6.61 Å². The van der Waals surface area contributed by atoms with Crippen LogP contribution < -0.4 is 15.8 Å². The van der Waals surface area contributed by atoms with Crippen molar-refractivity contribution in [2.24, 2.45) is 10.7 Å². The normalized spacial score (nSPS) is 15.7. The molecule has 29 heavy (non-hydrogen) atoms. The van der Waals surface area contributed by atoms with Crippen LogP contribution in [0.4, 0.5) is 0 Å². The highest BCUT2D eigenvalue weighted by molar-refractivity contribution is 14.0. The van der Waals surface area contributed by atoms with Gasteiger partial charge in [-0.15, -0.1) is 35.3 Å². The van der Waals surface area contributed by atoms with E-state index in [9.17, 15) is 0 Å². The van der Waals surface area contributed by atoms with E-state index in [1.54, 1.807) is 11.3 Å². The Hall–Kier alpha value is -2.13. The first kappa shape index (κ1) is 21.6. The molecule has 2 heterocycles. The number of nitrogens with zero attached hydrogens (tertiary/aromatic N) is 2. The first-order valence-corrected chi connectivity index (χ1v) is 10.4. The molecule has 1 aliphatic rings. The molecule has 3 N–H and O–H groups in total. The van der Waals surface area contributed by atoms with Crippen LogP contribution in [0, 0.1) is 0 Å². The van der Waals surface area contributed by atoms with Gasteiger partial charge in [-0.1, -0.05) is 48.5 Å². The second-order valence-corrected chi connectivity index (χ2v) is 7.73. The predicted molar refractivity (Wildman–Crippen MR) is 129 cm³/mol. The number of nitrogens with two attached hydrogens (primary N) is 1. The van der Waals surface area contributed by atoms with E-state index in [0.29, 0.717) is 19.1 Å². The highest BCUT2D eigenvalue weighted by atomic mass is 127. The van der Waals surface area contributed by atoms with Gasteiger partial charge in [0.05, 0.1) is 29.9 Å². The van der Waals surface area contributed by atoms with Crippen LogP contribution in [0.1, 0.15) is 34.3 Å². The largest absolute Gasteiger partial charge is 0.493 e. The van der Waals surface area contributed by atoms with Crippen LogP contribution in [0.2, 0.25) is 0 Å². The van der Waals surface area contributed by atoms with Gasteiger partial charge in [-0.05, 0) is 18.1 Å². The molecule has 1 unspecified atom stereocenters. The molecule has 5 nitrogen and oxygen atoms in total. The average molecular weight is 520 g/mol. The maximum Gasteiger partial charge on any atom is 0.189 e. The van der Waals surface area contributed by atoms with Crippen molar-refractivity contribution in [3.8, 4) is 5.75 Å². The molecule has 0 saturated carbocycles. The Morgan fingerprint density at radius 3 is 2.79 bits per heavy atom. The average Bonchev–Trinajstić information content (AvgIpc) is 3.20. The van der Waals surface area contributed by atoms with Crippen LogP contribution in [-0.4, -0.2) is 17.6 Å². The first-order valence-electron chi connectivity index (χ1n) is 9.53. The summed E-state index contributed by atoms with van der Waals surface area (Å²) >= 11 is 1.69. The van der Waals surface area contributed by atoms with E-state index in [1.807, 2.05) is 24.3 Å². The molecule has 4 rings (SSSR count). The topological polar surface area (TPSA) is 72.5 Å². The molecule has 152 valence electrons. The minimum Gasteiger partial charge on any atom is -0.493 e. The summed E-state index contributed by atoms with van der Waals surface area (Å²) in [4.78, 5) is 9.17. The standard InChI is InChI=1S/C22H24N4OS.HI/c23-22(26-19-12-13-27-20-9-5-4-8-18(19)20)24-14-17-15-28-21(25-17)11-10-16-6-2-1-3-7-16;/h1-9,15,19H,10-14H2,(H3,23,24,26);1H. The number of para-hydroxylation sites is 1. The van der Waals surface area contributed by atoms with E-state index in [2.05, 4.69) is 51.0 Å². The number of fused-ring (bicyclic) bond motifs is 1. The van der Waals surface area contributed by atoms with E-state index in [1.165, 1.54) is 5.56 Å². The van der Waals surface area contributed by atoms with Gasteiger partial charge >= 0.3 is 0 Å². The Bertz CT molecular complexity index is 945. The van der Waals surface area contributed by atoms with Crippen molar-refractivity contribution in [1.29, 1.82) is 0 Å². The van der Waals surface area contributed by atoms with Crippen molar-refractivity contribution in [2.45, 2.75) is 31.8 Å². The predicted octanol–water partition coefficient (Wildman–Crippen LogP) is 4.47. The van der Waals surface area contributed by atoms with E-state index in [0.717, 1.165) is 41.3 Å². The number of hydrogen-bond acceptors (Lipinski definition) is 4. The number of guanidine groups is 1. The molecule has 0 radical (unpaired) electrons. The molecule has 0 amide bonds. The molecule has 7 heteroatoms. The number of ether oxygens (including phenoxy) is 1. The van der Waals surface area contributed by atoms with Gasteiger partial charge in [-0.2, -0.15) is 0 Å². The summed E-state index contributed by atoms with van der Waals surface area (Å²) in [6.45, 7) is 1.17. The van der Waals surface area contributed by atoms with Crippen molar-refractivity contribution in [1.82, 2.24) is 10.3 Å². The number of nitrogens with one attached hydrogen (secondary N) is 1. The summed E-state index contributed by atoms with van der Waals surface area (Å²) in [5, 5.41) is 6.53. The molecule has 1 aromatic heterocycles. The summed E-state index contributed by atoms with van der Waals surface area (Å²) in [6, 6.07) is 18.7. The third kappa shape index (κ3) is 5.93. The van der Waals surface area contributed by atoms with Crippen LogP contribution in [0.15, 0.2) is 65.0 Å². The maximum absolute atomic E-state index is 6.12. The molecule has 0 fully saturated rings. The van der Waals surface area contributed by atoms with Crippen molar-refractivity contribution in [3.63, 3.8) is 0 Å². The summed E-state index contributed by atoms with van der Waals surface area (Å²) in [6.07, 6.45) is 2.82. The van der Waals surface area contributed by atoms with Gasteiger partial charge in [-0.3, -0.25) is 0 Å². The smallest absolute Gasteiger partial charge is 0.189 e. The molecule has 0 saturated heterocycles. The third-order valence-corrected chi connectivity index (χ3v) is 5.72. The zero-order chi connectivity index (χ0) is 19.2. The minimum atomic E-state index is 0. The summed E-state index contributed by atoms with van der Waals surface area (Å²) in [7, 11) is 0. The number of halogens is 1. The van der Waals surface area contributed by atoms with Crippen molar-refractivity contribution >= 4 is 41.3 Å². The number of aryl methyl sites for hydroxylation is 2. The first-order chi connectivity index (χ1) is 13.8. The zero-order valence-corrected chi connectivity index (χ0v) is 19.2. The minimum absolute atomic E-state index is 0. The van der Waals surface area contributed by atoms with Gasteiger partial charge in [-0.25, -0.2) is 9.98 Å². The lowest BCUT2D eigenvalue weighted by atomic mass is 10.0. The summed E-state index contributed by atoms with van der Waals surface area (Å²) < 4.78 is 5.69. The van der Waals surface area contributed by atoms with Crippen LogP contribution in [0.25, 0.3) is 0 Å². The third-order valence-electron chi connectivity index (χ3n) is 4.76. The van der Waals surface area contributed by atoms with Gasteiger partial charge in [0.25, 0.3) is 0 Å². The highest BCUT2D eigenvalue weighted by Crippen LogP contribution is 2.31. The molecule has 1 atom stereocenters. The van der Waals surface area contributed by atoms with Gasteiger partial charge in [0.1, 0.15) is 5.75 Å². The molecule has 0 bridgehead atoms. The molecular weight excluding hydrogens is 495 g/mol. The molecule has 0 spiro atoms. The number of rotatable bonds is 6. The lowest BCUT2D eigenvalue weighted by Crippen LogP contribution is -2.37. The fraction of sp³-hybridized carbons (Fsp3) is 0.273. The van der Waals surface area contributed by atoms with Gasteiger partial charge in [0.15, 0.2) is 5.96 Å². The van der Waals surface area contributed by atoms with Gasteiger partial charge < -0.3 is 15.8 Å².